The lowest BCUT2D eigenvalue weighted by Crippen LogP contribution is -2.27. The van der Waals surface area contributed by atoms with Crippen LogP contribution in [0.5, 0.6) is 0 Å². The van der Waals surface area contributed by atoms with Crippen molar-refractivity contribution in [2.24, 2.45) is 0 Å². The lowest BCUT2D eigenvalue weighted by Gasteiger charge is -2.12. The number of hydrogen-bond acceptors (Lipinski definition) is 5. The summed E-state index contributed by atoms with van der Waals surface area (Å²) in [6.45, 7) is 0. The molecule has 1 aromatic carbocycles. The first-order valence-electron chi connectivity index (χ1n) is 5.90. The predicted octanol–water partition coefficient (Wildman–Crippen LogP) is 1.50. The zero-order chi connectivity index (χ0) is 15.3. The molecule has 0 aliphatic rings. The summed E-state index contributed by atoms with van der Waals surface area (Å²) in [5.74, 6) is 0. The van der Waals surface area contributed by atoms with E-state index in [1.807, 2.05) is 6.07 Å². The van der Waals surface area contributed by atoms with Gasteiger partial charge in [-0.3, -0.25) is 0 Å². The first-order valence-corrected chi connectivity index (χ1v) is 7.38. The van der Waals surface area contributed by atoms with Crippen molar-refractivity contribution < 1.29 is 8.42 Å². The van der Waals surface area contributed by atoms with Gasteiger partial charge in [-0.15, -0.1) is 0 Å². The molecule has 1 aromatic heterocycles. The van der Waals surface area contributed by atoms with Crippen LogP contribution in [0.3, 0.4) is 0 Å². The fourth-order valence-corrected chi connectivity index (χ4v) is 2.72. The van der Waals surface area contributed by atoms with Crippen molar-refractivity contribution in [2.45, 2.75) is 10.9 Å². The molecular weight excluding hydrogens is 288 g/mol. The van der Waals surface area contributed by atoms with E-state index < -0.39 is 16.1 Å². The summed E-state index contributed by atoms with van der Waals surface area (Å²) >= 11 is 0. The van der Waals surface area contributed by atoms with Crippen molar-refractivity contribution in [1.29, 1.82) is 10.5 Å². The molecule has 0 aliphatic carbocycles. The van der Waals surface area contributed by atoms with Crippen LogP contribution in [0.2, 0.25) is 0 Å². The number of rotatable bonds is 4. The molecule has 6 nitrogen and oxygen atoms in total. The molecule has 1 unspecified atom stereocenters. The van der Waals surface area contributed by atoms with Gasteiger partial charge in [0.05, 0.1) is 6.07 Å². The summed E-state index contributed by atoms with van der Waals surface area (Å²) < 4.78 is 26.7. The number of nitriles is 2. The monoisotopic (exact) mass is 298 g/mol. The summed E-state index contributed by atoms with van der Waals surface area (Å²) in [7, 11) is -3.89. The number of benzene rings is 1. The van der Waals surface area contributed by atoms with E-state index >= 15 is 0 Å². The van der Waals surface area contributed by atoms with E-state index in [9.17, 15) is 8.42 Å². The number of nitrogens with zero attached hydrogens (tertiary/aromatic N) is 3. The molecule has 21 heavy (non-hydrogen) atoms. The Morgan fingerprint density at radius 1 is 1.10 bits per heavy atom. The molecular formula is C14H10N4O2S. The summed E-state index contributed by atoms with van der Waals surface area (Å²) in [4.78, 5) is 3.61. The van der Waals surface area contributed by atoms with Crippen molar-refractivity contribution in [3.05, 3.63) is 59.9 Å². The highest BCUT2D eigenvalue weighted by Gasteiger charge is 2.21. The standard InChI is InChI=1S/C14H10N4O2S/c15-8-12-6-7-13(10-17-12)21(19,20)18-14(9-16)11-4-2-1-3-5-11/h1-7,10,14,18H. The van der Waals surface area contributed by atoms with E-state index in [1.54, 1.807) is 36.4 Å². The molecule has 0 radical (unpaired) electrons. The Kier molecular flexibility index (Phi) is 4.29. The van der Waals surface area contributed by atoms with Crippen LogP contribution in [0.15, 0.2) is 53.6 Å². The topological polar surface area (TPSA) is 107 Å². The van der Waals surface area contributed by atoms with Gasteiger partial charge in [0.25, 0.3) is 0 Å². The Morgan fingerprint density at radius 2 is 1.81 bits per heavy atom. The molecule has 1 N–H and O–H groups in total. The quantitative estimate of drug-likeness (QED) is 0.920. The zero-order valence-corrected chi connectivity index (χ0v) is 11.6. The van der Waals surface area contributed by atoms with Gasteiger partial charge in [-0.05, 0) is 17.7 Å². The molecule has 0 bridgehead atoms. The number of pyridine rings is 1. The van der Waals surface area contributed by atoms with E-state index in [4.69, 9.17) is 10.5 Å². The minimum atomic E-state index is -3.89. The molecule has 0 saturated heterocycles. The van der Waals surface area contributed by atoms with Crippen LogP contribution in [0, 0.1) is 22.7 Å². The zero-order valence-electron chi connectivity index (χ0n) is 10.8. The van der Waals surface area contributed by atoms with E-state index in [1.165, 1.54) is 12.1 Å². The highest BCUT2D eigenvalue weighted by Crippen LogP contribution is 2.16. The predicted molar refractivity (Wildman–Crippen MR) is 74.1 cm³/mol. The molecule has 0 saturated carbocycles. The van der Waals surface area contributed by atoms with Gasteiger partial charge in [0.2, 0.25) is 10.0 Å². The highest BCUT2D eigenvalue weighted by atomic mass is 32.2. The Labute approximate surface area is 122 Å². The fraction of sp³-hybridized carbons (Fsp3) is 0.0714. The van der Waals surface area contributed by atoms with Crippen LogP contribution in [0.1, 0.15) is 17.3 Å². The Balaban J connectivity index is 2.28. The van der Waals surface area contributed by atoms with Gasteiger partial charge >= 0.3 is 0 Å². The summed E-state index contributed by atoms with van der Waals surface area (Å²) in [5, 5.41) is 17.8. The van der Waals surface area contributed by atoms with Crippen LogP contribution >= 0.6 is 0 Å². The smallest absolute Gasteiger partial charge is 0.243 e. The molecule has 2 rings (SSSR count). The minimum absolute atomic E-state index is 0.0994. The largest absolute Gasteiger partial charge is 0.244 e. The van der Waals surface area contributed by atoms with Crippen molar-refractivity contribution in [3.8, 4) is 12.1 Å². The number of hydrogen-bond donors (Lipinski definition) is 1. The third kappa shape index (κ3) is 3.42. The third-order valence-electron chi connectivity index (χ3n) is 2.70. The molecule has 0 fully saturated rings. The van der Waals surface area contributed by atoms with Gasteiger partial charge in [0.15, 0.2) is 0 Å². The van der Waals surface area contributed by atoms with Crippen LogP contribution in [-0.4, -0.2) is 13.4 Å². The Bertz CT molecular complexity index is 803. The van der Waals surface area contributed by atoms with Crippen molar-refractivity contribution in [1.82, 2.24) is 9.71 Å². The van der Waals surface area contributed by atoms with Gasteiger partial charge in [-0.25, -0.2) is 13.4 Å². The lowest BCUT2D eigenvalue weighted by atomic mass is 10.1. The molecule has 0 amide bonds. The maximum atomic E-state index is 12.2. The minimum Gasteiger partial charge on any atom is -0.244 e. The first-order chi connectivity index (χ1) is 10.1. The maximum absolute atomic E-state index is 12.2. The maximum Gasteiger partial charge on any atom is 0.243 e. The second-order valence-corrected chi connectivity index (χ2v) is 5.80. The van der Waals surface area contributed by atoms with Crippen molar-refractivity contribution >= 4 is 10.0 Å². The van der Waals surface area contributed by atoms with Crippen molar-refractivity contribution in [2.75, 3.05) is 0 Å². The normalized spacial score (nSPS) is 12.1. The average molecular weight is 298 g/mol. The Hall–Kier alpha value is -2.74. The van der Waals surface area contributed by atoms with Crippen LogP contribution in [0.25, 0.3) is 0 Å². The number of nitrogens with one attached hydrogen (secondary N) is 1. The second-order valence-electron chi connectivity index (χ2n) is 4.09. The van der Waals surface area contributed by atoms with Gasteiger partial charge in [-0.1, -0.05) is 30.3 Å². The highest BCUT2D eigenvalue weighted by molar-refractivity contribution is 7.89. The first kappa shape index (κ1) is 14.7. The van der Waals surface area contributed by atoms with E-state index in [0.29, 0.717) is 5.56 Å². The lowest BCUT2D eigenvalue weighted by molar-refractivity contribution is 0.575. The summed E-state index contributed by atoms with van der Waals surface area (Å²) in [6.07, 6.45) is 1.08. The second kappa shape index (κ2) is 6.14. The number of sulfonamides is 1. The average Bonchev–Trinajstić information content (AvgIpc) is 2.53. The molecule has 0 spiro atoms. The van der Waals surface area contributed by atoms with Crippen LogP contribution < -0.4 is 4.72 Å². The third-order valence-corrected chi connectivity index (χ3v) is 4.10. The number of aromatic nitrogens is 1. The van der Waals surface area contributed by atoms with Crippen molar-refractivity contribution in [3.63, 3.8) is 0 Å². The molecule has 0 aliphatic heterocycles. The van der Waals surface area contributed by atoms with Gasteiger partial charge in [0, 0.05) is 6.20 Å². The molecule has 1 heterocycles. The van der Waals surface area contributed by atoms with Gasteiger partial charge < -0.3 is 0 Å². The summed E-state index contributed by atoms with van der Waals surface area (Å²) in [5.41, 5.74) is 0.666. The Morgan fingerprint density at radius 3 is 2.33 bits per heavy atom. The molecule has 7 heteroatoms. The van der Waals surface area contributed by atoms with Crippen LogP contribution in [0.4, 0.5) is 0 Å². The SMILES string of the molecule is N#Cc1ccc(S(=O)(=O)NC(C#N)c2ccccc2)cn1. The van der Waals surface area contributed by atoms with Gasteiger partial charge in [-0.2, -0.15) is 15.2 Å². The molecule has 104 valence electrons. The van der Waals surface area contributed by atoms with E-state index in [0.717, 1.165) is 6.20 Å². The van der Waals surface area contributed by atoms with Crippen LogP contribution in [-0.2, 0) is 10.0 Å². The molecule has 2 aromatic rings. The van der Waals surface area contributed by atoms with E-state index in [2.05, 4.69) is 9.71 Å². The van der Waals surface area contributed by atoms with Gasteiger partial charge in [0.1, 0.15) is 22.7 Å². The van der Waals surface area contributed by atoms with E-state index in [-0.39, 0.29) is 10.6 Å². The molecule has 1 atom stereocenters. The fourth-order valence-electron chi connectivity index (χ4n) is 1.64. The summed E-state index contributed by atoms with van der Waals surface area (Å²) in [6, 6.07) is 13.8.